The van der Waals surface area contributed by atoms with E-state index < -0.39 is 11.8 Å². The lowest BCUT2D eigenvalue weighted by atomic mass is 10.1. The van der Waals surface area contributed by atoms with Gasteiger partial charge in [0.1, 0.15) is 6.54 Å². The Morgan fingerprint density at radius 3 is 2.78 bits per heavy atom. The first-order valence-corrected chi connectivity index (χ1v) is 8.42. The molecule has 1 saturated heterocycles. The molecule has 3 rings (SSSR count). The van der Waals surface area contributed by atoms with Crippen molar-refractivity contribution in [2.24, 2.45) is 0 Å². The molecule has 0 bridgehead atoms. The van der Waals surface area contributed by atoms with Gasteiger partial charge in [-0.15, -0.1) is 0 Å². The van der Waals surface area contributed by atoms with Crippen molar-refractivity contribution in [2.45, 2.75) is 18.9 Å². The van der Waals surface area contributed by atoms with Crippen molar-refractivity contribution >= 4 is 33.7 Å². The summed E-state index contributed by atoms with van der Waals surface area (Å²) in [6, 6.07) is 5.10. The van der Waals surface area contributed by atoms with Gasteiger partial charge in [0.25, 0.3) is 11.8 Å². The molecule has 3 amide bonds. The molecule has 2 heterocycles. The first kappa shape index (κ1) is 16.1. The van der Waals surface area contributed by atoms with Crippen LogP contribution >= 0.6 is 15.9 Å². The number of amides is 3. The third kappa shape index (κ3) is 2.90. The molecule has 1 aromatic rings. The van der Waals surface area contributed by atoms with Gasteiger partial charge in [0.2, 0.25) is 5.91 Å². The molecule has 1 unspecified atom stereocenters. The van der Waals surface area contributed by atoms with Crippen LogP contribution in [0.4, 0.5) is 0 Å². The summed E-state index contributed by atoms with van der Waals surface area (Å²) in [6.45, 7) is 1.21. The second-order valence-corrected chi connectivity index (χ2v) is 6.74. The summed E-state index contributed by atoms with van der Waals surface area (Å²) < 4.78 is 0.735. The number of carbonyl (C=O) groups excluding carboxylic acids is 3. The zero-order valence-corrected chi connectivity index (χ0v) is 14.4. The van der Waals surface area contributed by atoms with E-state index in [0.717, 1.165) is 28.8 Å². The molecule has 0 saturated carbocycles. The zero-order chi connectivity index (χ0) is 16.6. The van der Waals surface area contributed by atoms with E-state index in [1.54, 1.807) is 23.1 Å². The number of rotatable bonds is 4. The molecular weight excluding hydrogens is 362 g/mol. The molecular formula is C16H18BrN3O3. The Morgan fingerprint density at radius 1 is 1.30 bits per heavy atom. The van der Waals surface area contributed by atoms with Gasteiger partial charge in [-0.25, -0.2) is 0 Å². The summed E-state index contributed by atoms with van der Waals surface area (Å²) in [6.07, 6.45) is 1.90. The number of nitrogens with one attached hydrogen (secondary N) is 1. The largest absolute Gasteiger partial charge is 0.337 e. The maximum atomic E-state index is 12.5. The second kappa shape index (κ2) is 6.41. The molecule has 6 nitrogen and oxygen atoms in total. The predicted molar refractivity (Wildman–Crippen MR) is 88.2 cm³/mol. The lowest BCUT2D eigenvalue weighted by Gasteiger charge is -2.26. The highest BCUT2D eigenvalue weighted by Crippen LogP contribution is 2.26. The highest BCUT2D eigenvalue weighted by atomic mass is 79.9. The molecule has 2 aliphatic heterocycles. The first-order valence-electron chi connectivity index (χ1n) is 7.62. The highest BCUT2D eigenvalue weighted by Gasteiger charge is 2.38. The minimum absolute atomic E-state index is 0.136. The quantitative estimate of drug-likeness (QED) is 0.799. The van der Waals surface area contributed by atoms with Crippen LogP contribution in [0.2, 0.25) is 0 Å². The van der Waals surface area contributed by atoms with Gasteiger partial charge in [-0.1, -0.05) is 15.9 Å². The topological polar surface area (TPSA) is 69.7 Å². The van der Waals surface area contributed by atoms with E-state index in [1.165, 1.54) is 0 Å². The molecule has 7 heteroatoms. The van der Waals surface area contributed by atoms with Crippen molar-refractivity contribution in [1.82, 2.24) is 15.1 Å². The minimum Gasteiger partial charge on any atom is -0.337 e. The molecule has 1 aromatic carbocycles. The Bertz CT molecular complexity index is 677. The van der Waals surface area contributed by atoms with Crippen LogP contribution in [-0.2, 0) is 4.79 Å². The molecule has 0 aliphatic carbocycles. The third-order valence-corrected chi connectivity index (χ3v) is 4.86. The molecule has 1 atom stereocenters. The van der Waals surface area contributed by atoms with Crippen LogP contribution in [-0.4, -0.2) is 60.2 Å². The number of nitrogens with zero attached hydrogens (tertiary/aromatic N) is 2. The average molecular weight is 380 g/mol. The van der Waals surface area contributed by atoms with Gasteiger partial charge in [0, 0.05) is 23.6 Å². The lowest BCUT2D eigenvalue weighted by Crippen LogP contribution is -2.46. The Kier molecular flexibility index (Phi) is 4.50. The summed E-state index contributed by atoms with van der Waals surface area (Å²) in [4.78, 5) is 40.2. The molecule has 0 spiro atoms. The van der Waals surface area contributed by atoms with Crippen molar-refractivity contribution in [3.05, 3.63) is 33.8 Å². The first-order chi connectivity index (χ1) is 11.0. The highest BCUT2D eigenvalue weighted by molar-refractivity contribution is 9.10. The summed E-state index contributed by atoms with van der Waals surface area (Å²) in [5, 5.41) is 3.08. The number of fused-ring (bicyclic) bond motifs is 1. The van der Waals surface area contributed by atoms with Crippen molar-refractivity contribution in [3.63, 3.8) is 0 Å². The van der Waals surface area contributed by atoms with Crippen LogP contribution in [0.15, 0.2) is 22.7 Å². The van der Waals surface area contributed by atoms with Crippen molar-refractivity contribution < 1.29 is 14.4 Å². The van der Waals surface area contributed by atoms with Crippen LogP contribution in [0.3, 0.4) is 0 Å². The van der Waals surface area contributed by atoms with Crippen LogP contribution in [0.5, 0.6) is 0 Å². The minimum atomic E-state index is -0.399. The van der Waals surface area contributed by atoms with E-state index in [2.05, 4.69) is 21.2 Å². The smallest absolute Gasteiger partial charge is 0.262 e. The molecule has 1 N–H and O–H groups in total. The maximum Gasteiger partial charge on any atom is 0.262 e. The number of benzene rings is 1. The summed E-state index contributed by atoms with van der Waals surface area (Å²) >= 11 is 3.30. The van der Waals surface area contributed by atoms with Gasteiger partial charge in [0.15, 0.2) is 0 Å². The van der Waals surface area contributed by atoms with E-state index in [9.17, 15) is 14.4 Å². The number of imide groups is 1. The lowest BCUT2D eigenvalue weighted by molar-refractivity contribution is -0.132. The predicted octanol–water partition coefficient (Wildman–Crippen LogP) is 1.26. The van der Waals surface area contributed by atoms with Crippen molar-refractivity contribution in [3.8, 4) is 0 Å². The Morgan fingerprint density at radius 2 is 2.04 bits per heavy atom. The zero-order valence-electron chi connectivity index (χ0n) is 12.8. The monoisotopic (exact) mass is 379 g/mol. The van der Waals surface area contributed by atoms with E-state index in [1.807, 2.05) is 7.05 Å². The van der Waals surface area contributed by atoms with Crippen LogP contribution in [0.1, 0.15) is 33.6 Å². The van der Waals surface area contributed by atoms with E-state index in [-0.39, 0.29) is 18.5 Å². The van der Waals surface area contributed by atoms with Crippen LogP contribution in [0, 0.1) is 0 Å². The molecule has 1 fully saturated rings. The fourth-order valence-electron chi connectivity index (χ4n) is 3.24. The Balaban J connectivity index is 1.75. The van der Waals surface area contributed by atoms with Gasteiger partial charge >= 0.3 is 0 Å². The summed E-state index contributed by atoms with van der Waals surface area (Å²) in [5.41, 5.74) is 0.713. The van der Waals surface area contributed by atoms with Crippen LogP contribution < -0.4 is 5.32 Å². The fourth-order valence-corrected chi connectivity index (χ4v) is 3.61. The second-order valence-electron chi connectivity index (χ2n) is 5.83. The average Bonchev–Trinajstić information content (AvgIpc) is 3.07. The number of halogens is 1. The van der Waals surface area contributed by atoms with Gasteiger partial charge in [0.05, 0.1) is 11.1 Å². The van der Waals surface area contributed by atoms with Crippen molar-refractivity contribution in [2.75, 3.05) is 26.7 Å². The number of likely N-dealkylation sites (tertiary alicyclic amines) is 1. The summed E-state index contributed by atoms with van der Waals surface area (Å²) in [7, 11) is 1.85. The van der Waals surface area contributed by atoms with Crippen LogP contribution in [0.25, 0.3) is 0 Å². The summed E-state index contributed by atoms with van der Waals surface area (Å²) in [5.74, 6) is -0.962. The van der Waals surface area contributed by atoms with Gasteiger partial charge in [-0.3, -0.25) is 19.3 Å². The van der Waals surface area contributed by atoms with Gasteiger partial charge in [-0.2, -0.15) is 0 Å². The number of hydrogen-bond donors (Lipinski definition) is 1. The van der Waals surface area contributed by atoms with E-state index in [0.29, 0.717) is 17.7 Å². The normalized spacial score (nSPS) is 20.3. The standard InChI is InChI=1S/C16H18BrN3O3/c1-18-8-11-3-2-6-19(11)14(21)9-20-15(22)12-5-4-10(17)7-13(12)16(20)23/h4-5,7,11,18H,2-3,6,8-9H2,1H3. The number of likely N-dealkylation sites (N-methyl/N-ethyl adjacent to an activating group) is 1. The van der Waals surface area contributed by atoms with E-state index >= 15 is 0 Å². The Hall–Kier alpha value is -1.73. The van der Waals surface area contributed by atoms with Gasteiger partial charge < -0.3 is 10.2 Å². The maximum absolute atomic E-state index is 12.5. The molecule has 23 heavy (non-hydrogen) atoms. The number of carbonyl (C=O) groups is 3. The van der Waals surface area contributed by atoms with Gasteiger partial charge in [-0.05, 0) is 38.1 Å². The third-order valence-electron chi connectivity index (χ3n) is 4.36. The Labute approximate surface area is 142 Å². The molecule has 0 aromatic heterocycles. The van der Waals surface area contributed by atoms with E-state index in [4.69, 9.17) is 0 Å². The molecule has 0 radical (unpaired) electrons. The number of hydrogen-bond acceptors (Lipinski definition) is 4. The SMILES string of the molecule is CNCC1CCCN1C(=O)CN1C(=O)c2ccc(Br)cc2C1=O. The molecule has 2 aliphatic rings. The fraction of sp³-hybridized carbons (Fsp3) is 0.438. The molecule has 122 valence electrons. The van der Waals surface area contributed by atoms with Crippen molar-refractivity contribution in [1.29, 1.82) is 0 Å².